The van der Waals surface area contributed by atoms with Crippen LogP contribution in [0.4, 0.5) is 31.8 Å². The van der Waals surface area contributed by atoms with Crippen LogP contribution in [0.25, 0.3) is 0 Å². The molecule has 0 atom stereocenters. The third-order valence-electron chi connectivity index (χ3n) is 3.11. The van der Waals surface area contributed by atoms with Gasteiger partial charge in [-0.2, -0.15) is 0 Å². The summed E-state index contributed by atoms with van der Waals surface area (Å²) in [5.74, 6) is -2.15. The first kappa shape index (κ1) is 16.2. The van der Waals surface area contributed by atoms with Crippen molar-refractivity contribution in [2.45, 2.75) is 0 Å². The van der Waals surface area contributed by atoms with Gasteiger partial charge >= 0.3 is 5.91 Å². The molecule has 8 nitrogen and oxygen atoms in total. The van der Waals surface area contributed by atoms with E-state index in [4.69, 9.17) is 10.2 Å². The Labute approximate surface area is 140 Å². The zero-order chi connectivity index (χ0) is 17.8. The average Bonchev–Trinajstić information content (AvgIpc) is 3.13. The fourth-order valence-corrected chi connectivity index (χ4v) is 1.89. The SMILES string of the molecule is Nc1c(NNC(=O)c2ccco2)ncnc1Nc1ccc(F)c(F)c1. The van der Waals surface area contributed by atoms with E-state index in [1.807, 2.05) is 0 Å². The number of hydrazine groups is 1. The van der Waals surface area contributed by atoms with Crippen LogP contribution in [0, 0.1) is 11.6 Å². The number of aromatic nitrogens is 2. The molecular formula is C15H12F2N6O2. The molecule has 0 aliphatic carbocycles. The van der Waals surface area contributed by atoms with Crippen molar-refractivity contribution in [1.29, 1.82) is 0 Å². The highest BCUT2D eigenvalue weighted by Crippen LogP contribution is 2.26. The first-order chi connectivity index (χ1) is 12.0. The second-order valence-corrected chi connectivity index (χ2v) is 4.79. The Balaban J connectivity index is 1.73. The van der Waals surface area contributed by atoms with Gasteiger partial charge in [0.05, 0.1) is 6.26 Å². The van der Waals surface area contributed by atoms with Crippen LogP contribution in [0.15, 0.2) is 47.3 Å². The Kier molecular flexibility index (Phi) is 4.42. The van der Waals surface area contributed by atoms with Crippen LogP contribution in [-0.4, -0.2) is 15.9 Å². The van der Waals surface area contributed by atoms with Crippen LogP contribution in [0.3, 0.4) is 0 Å². The van der Waals surface area contributed by atoms with Crippen molar-refractivity contribution in [2.24, 2.45) is 0 Å². The first-order valence-electron chi connectivity index (χ1n) is 6.97. The Bertz CT molecular complexity index is 901. The molecule has 10 heteroatoms. The van der Waals surface area contributed by atoms with Gasteiger partial charge in [0.25, 0.3) is 0 Å². The van der Waals surface area contributed by atoms with E-state index < -0.39 is 17.5 Å². The molecule has 3 aromatic rings. The van der Waals surface area contributed by atoms with Gasteiger partial charge in [-0.1, -0.05) is 0 Å². The van der Waals surface area contributed by atoms with Crippen LogP contribution in [-0.2, 0) is 0 Å². The van der Waals surface area contributed by atoms with Gasteiger partial charge < -0.3 is 15.5 Å². The predicted molar refractivity (Wildman–Crippen MR) is 85.9 cm³/mol. The highest BCUT2D eigenvalue weighted by molar-refractivity contribution is 5.92. The van der Waals surface area contributed by atoms with E-state index >= 15 is 0 Å². The summed E-state index contributed by atoms with van der Waals surface area (Å²) in [6.07, 6.45) is 2.54. The molecule has 0 bridgehead atoms. The topological polar surface area (TPSA) is 118 Å². The lowest BCUT2D eigenvalue weighted by molar-refractivity contribution is 0.0935. The minimum atomic E-state index is -1.01. The second-order valence-electron chi connectivity index (χ2n) is 4.79. The number of halogens is 2. The van der Waals surface area contributed by atoms with Gasteiger partial charge in [-0.3, -0.25) is 15.6 Å². The molecule has 0 spiro atoms. The number of rotatable bonds is 5. The Hall–Kier alpha value is -3.69. The number of nitrogens with two attached hydrogens (primary N) is 1. The van der Waals surface area contributed by atoms with Gasteiger partial charge in [-0.15, -0.1) is 0 Å². The highest BCUT2D eigenvalue weighted by atomic mass is 19.2. The fraction of sp³-hybridized carbons (Fsp3) is 0. The second kappa shape index (κ2) is 6.83. The predicted octanol–water partition coefficient (Wildman–Crippen LogP) is 2.43. The zero-order valence-corrected chi connectivity index (χ0v) is 12.6. The molecule has 0 aliphatic heterocycles. The quantitative estimate of drug-likeness (QED) is 0.524. The van der Waals surface area contributed by atoms with Gasteiger partial charge in [-0.05, 0) is 24.3 Å². The van der Waals surface area contributed by atoms with Crippen molar-refractivity contribution in [3.63, 3.8) is 0 Å². The highest BCUT2D eigenvalue weighted by Gasteiger charge is 2.12. The number of nitrogens with zero attached hydrogens (tertiary/aromatic N) is 2. The van der Waals surface area contributed by atoms with E-state index in [0.717, 1.165) is 12.1 Å². The third-order valence-corrected chi connectivity index (χ3v) is 3.11. The van der Waals surface area contributed by atoms with E-state index in [-0.39, 0.29) is 28.8 Å². The van der Waals surface area contributed by atoms with E-state index in [1.54, 1.807) is 6.07 Å². The molecule has 0 radical (unpaired) electrons. The molecule has 0 aliphatic rings. The van der Waals surface area contributed by atoms with Crippen molar-refractivity contribution in [3.05, 3.63) is 60.3 Å². The van der Waals surface area contributed by atoms with Gasteiger partial charge in [0.1, 0.15) is 12.0 Å². The fourth-order valence-electron chi connectivity index (χ4n) is 1.89. The summed E-state index contributed by atoms with van der Waals surface area (Å²) < 4.78 is 31.2. The van der Waals surface area contributed by atoms with Crippen molar-refractivity contribution in [2.75, 3.05) is 16.5 Å². The summed E-state index contributed by atoms with van der Waals surface area (Å²) in [7, 11) is 0. The van der Waals surface area contributed by atoms with Crippen molar-refractivity contribution in [3.8, 4) is 0 Å². The van der Waals surface area contributed by atoms with Crippen LogP contribution in [0.2, 0.25) is 0 Å². The first-order valence-corrected chi connectivity index (χ1v) is 6.97. The number of anilines is 4. The van der Waals surface area contributed by atoms with Crippen LogP contribution in [0.5, 0.6) is 0 Å². The molecule has 0 saturated heterocycles. The van der Waals surface area contributed by atoms with Crippen LogP contribution >= 0.6 is 0 Å². The molecule has 0 saturated carbocycles. The van der Waals surface area contributed by atoms with Crippen LogP contribution in [0.1, 0.15) is 10.6 Å². The lowest BCUT2D eigenvalue weighted by atomic mass is 10.3. The molecule has 0 unspecified atom stereocenters. The number of hydrogen-bond acceptors (Lipinski definition) is 7. The van der Waals surface area contributed by atoms with Crippen LogP contribution < -0.4 is 21.9 Å². The molecule has 3 rings (SSSR count). The molecule has 5 N–H and O–H groups in total. The molecule has 25 heavy (non-hydrogen) atoms. The van der Waals surface area contributed by atoms with Gasteiger partial charge in [0.2, 0.25) is 0 Å². The number of nitrogen functional groups attached to an aromatic ring is 1. The van der Waals surface area contributed by atoms with Crippen molar-refractivity contribution < 1.29 is 18.0 Å². The van der Waals surface area contributed by atoms with E-state index in [1.165, 1.54) is 24.7 Å². The maximum atomic E-state index is 13.3. The molecular weight excluding hydrogens is 334 g/mol. The van der Waals surface area contributed by atoms with E-state index in [9.17, 15) is 13.6 Å². The average molecular weight is 346 g/mol. The number of benzene rings is 1. The lowest BCUT2D eigenvalue weighted by Gasteiger charge is -2.12. The minimum absolute atomic E-state index is 0.0620. The monoisotopic (exact) mass is 346 g/mol. The summed E-state index contributed by atoms with van der Waals surface area (Å²) in [5.41, 5.74) is 11.1. The maximum absolute atomic E-state index is 13.3. The summed E-state index contributed by atoms with van der Waals surface area (Å²) in [6.45, 7) is 0. The molecule has 2 heterocycles. The maximum Gasteiger partial charge on any atom is 0.305 e. The molecule has 128 valence electrons. The molecule has 1 aromatic carbocycles. The number of hydrogen-bond donors (Lipinski definition) is 4. The largest absolute Gasteiger partial charge is 0.459 e. The Morgan fingerprint density at radius 2 is 1.92 bits per heavy atom. The number of amides is 1. The summed E-state index contributed by atoms with van der Waals surface area (Å²) in [4.78, 5) is 19.6. The summed E-state index contributed by atoms with van der Waals surface area (Å²) in [6, 6.07) is 6.31. The smallest absolute Gasteiger partial charge is 0.305 e. The number of carbonyl (C=O) groups excluding carboxylic acids is 1. The van der Waals surface area contributed by atoms with E-state index in [2.05, 4.69) is 26.1 Å². The molecule has 2 aromatic heterocycles. The molecule has 0 fully saturated rings. The normalized spacial score (nSPS) is 10.3. The van der Waals surface area contributed by atoms with Gasteiger partial charge in [0.15, 0.2) is 29.0 Å². The number of furan rings is 1. The standard InChI is InChI=1S/C15H12F2N6O2/c16-9-4-3-8(6-10(9)17)21-13-12(18)14(20-7-19-13)22-23-15(24)11-2-1-5-25-11/h1-7H,18H2,(H,23,24)(H2,19,20,21,22). The molecule has 1 amide bonds. The van der Waals surface area contributed by atoms with Gasteiger partial charge in [-0.25, -0.2) is 18.7 Å². The summed E-state index contributed by atoms with van der Waals surface area (Å²) >= 11 is 0. The van der Waals surface area contributed by atoms with Crippen molar-refractivity contribution >= 4 is 28.9 Å². The van der Waals surface area contributed by atoms with Crippen molar-refractivity contribution in [1.82, 2.24) is 15.4 Å². The minimum Gasteiger partial charge on any atom is -0.459 e. The van der Waals surface area contributed by atoms with Gasteiger partial charge in [0, 0.05) is 11.8 Å². The number of nitrogens with one attached hydrogen (secondary N) is 3. The summed E-state index contributed by atoms with van der Waals surface area (Å²) in [5, 5.41) is 2.74. The Morgan fingerprint density at radius 1 is 1.12 bits per heavy atom. The zero-order valence-electron chi connectivity index (χ0n) is 12.6. The Morgan fingerprint density at radius 3 is 2.64 bits per heavy atom. The van der Waals surface area contributed by atoms with E-state index in [0.29, 0.717) is 0 Å². The third kappa shape index (κ3) is 3.63. The lowest BCUT2D eigenvalue weighted by Crippen LogP contribution is -2.30. The number of carbonyl (C=O) groups is 1.